The fourth-order valence-corrected chi connectivity index (χ4v) is 4.83. The normalized spacial score (nSPS) is 16.8. The maximum Gasteiger partial charge on any atom is 0.274 e. The quantitative estimate of drug-likeness (QED) is 0.313. The highest BCUT2D eigenvalue weighted by Gasteiger charge is 2.31. The van der Waals surface area contributed by atoms with Gasteiger partial charge >= 0.3 is 0 Å². The molecular weight excluding hydrogens is 537 g/mol. The number of carbonyl (C=O) groups excluding carboxylic acids is 1. The van der Waals surface area contributed by atoms with E-state index < -0.39 is 11.4 Å². The zero-order valence-electron chi connectivity index (χ0n) is 23.9. The first kappa shape index (κ1) is 31.3. The number of anilines is 1. The Balaban J connectivity index is 0.00000216. The van der Waals surface area contributed by atoms with E-state index in [1.807, 2.05) is 33.0 Å². The summed E-state index contributed by atoms with van der Waals surface area (Å²) in [6, 6.07) is 5.87. The predicted molar refractivity (Wildman–Crippen MR) is 154 cm³/mol. The number of imidazole rings is 1. The minimum Gasteiger partial charge on any atom is -0.474 e. The molecule has 0 spiro atoms. The fourth-order valence-electron chi connectivity index (χ4n) is 4.65. The van der Waals surface area contributed by atoms with Gasteiger partial charge in [-0.1, -0.05) is 31.5 Å². The molecule has 9 nitrogen and oxygen atoms in total. The van der Waals surface area contributed by atoms with Gasteiger partial charge in [-0.3, -0.25) is 9.48 Å². The van der Waals surface area contributed by atoms with Crippen molar-refractivity contribution in [3.05, 3.63) is 64.6 Å². The number of rotatable bonds is 10. The van der Waals surface area contributed by atoms with E-state index in [4.69, 9.17) is 16.3 Å². The minimum absolute atomic E-state index is 0.0120. The molecule has 4 rings (SSSR count). The smallest absolute Gasteiger partial charge is 0.274 e. The summed E-state index contributed by atoms with van der Waals surface area (Å²) in [7, 11) is 3.58. The van der Waals surface area contributed by atoms with Crippen LogP contribution >= 0.6 is 11.6 Å². The molecule has 0 saturated carbocycles. The van der Waals surface area contributed by atoms with Crippen LogP contribution in [0.25, 0.3) is 5.57 Å². The van der Waals surface area contributed by atoms with Crippen LogP contribution in [0.2, 0.25) is 5.02 Å². The van der Waals surface area contributed by atoms with Gasteiger partial charge in [0.1, 0.15) is 18.1 Å². The van der Waals surface area contributed by atoms with E-state index in [-0.39, 0.29) is 36.0 Å². The molecule has 40 heavy (non-hydrogen) atoms. The molecule has 218 valence electrons. The number of aliphatic hydroxyl groups excluding tert-OH is 1. The van der Waals surface area contributed by atoms with Crippen LogP contribution in [-0.4, -0.2) is 54.3 Å². The van der Waals surface area contributed by atoms with Gasteiger partial charge in [-0.25, -0.2) is 9.37 Å². The first-order chi connectivity index (χ1) is 18.9. The Bertz CT molecular complexity index is 1340. The largest absolute Gasteiger partial charge is 0.474 e. The Hall–Kier alpha value is -3.21. The molecular formula is C29H39ClFN5O4. The number of amides is 1. The molecule has 0 radical (unpaired) electrons. The zero-order valence-corrected chi connectivity index (χ0v) is 24.7. The summed E-state index contributed by atoms with van der Waals surface area (Å²) in [6.45, 7) is 7.47. The Kier molecular flexibility index (Phi) is 10.5. The molecule has 1 amide bonds. The van der Waals surface area contributed by atoms with Crippen LogP contribution in [0.15, 0.2) is 36.7 Å². The molecule has 1 aliphatic rings. The maximum absolute atomic E-state index is 13.5. The first-order valence-corrected chi connectivity index (χ1v) is 13.8. The zero-order chi connectivity index (χ0) is 29.6. The van der Waals surface area contributed by atoms with E-state index >= 15 is 0 Å². The SMILES string of the molecule is CC.Cn1cnc(C2=C[C@@H](CO)[C@@H](CCc3cc(OCC(C)(C)O)nn3C)C2)c1C(=O)Nc1ccc(F)c(Cl)c1. The summed E-state index contributed by atoms with van der Waals surface area (Å²) in [6.07, 6.45) is 5.75. The third kappa shape index (κ3) is 7.71. The van der Waals surface area contributed by atoms with Crippen LogP contribution in [0.1, 0.15) is 62.4 Å². The summed E-state index contributed by atoms with van der Waals surface area (Å²) in [4.78, 5) is 17.6. The van der Waals surface area contributed by atoms with E-state index in [9.17, 15) is 19.4 Å². The van der Waals surface area contributed by atoms with Gasteiger partial charge in [-0.05, 0) is 62.8 Å². The molecule has 1 aliphatic carbocycles. The topological polar surface area (TPSA) is 114 Å². The lowest BCUT2D eigenvalue weighted by atomic mass is 9.90. The Morgan fingerprint density at radius 2 is 2.00 bits per heavy atom. The molecule has 2 atom stereocenters. The van der Waals surface area contributed by atoms with Crippen molar-refractivity contribution in [1.82, 2.24) is 19.3 Å². The van der Waals surface area contributed by atoms with Crippen molar-refractivity contribution in [2.24, 2.45) is 25.9 Å². The lowest BCUT2D eigenvalue weighted by molar-refractivity contribution is 0.0266. The van der Waals surface area contributed by atoms with Crippen molar-refractivity contribution < 1.29 is 24.1 Å². The monoisotopic (exact) mass is 575 g/mol. The molecule has 0 unspecified atom stereocenters. The highest BCUT2D eigenvalue weighted by Crippen LogP contribution is 2.39. The van der Waals surface area contributed by atoms with Crippen molar-refractivity contribution in [1.29, 1.82) is 0 Å². The highest BCUT2D eigenvalue weighted by molar-refractivity contribution is 6.31. The second kappa shape index (κ2) is 13.4. The van der Waals surface area contributed by atoms with Crippen LogP contribution in [0.4, 0.5) is 10.1 Å². The summed E-state index contributed by atoms with van der Waals surface area (Å²) < 4.78 is 22.5. The second-order valence-corrected chi connectivity index (χ2v) is 10.8. The number of hydrogen-bond acceptors (Lipinski definition) is 6. The van der Waals surface area contributed by atoms with E-state index in [1.165, 1.54) is 18.2 Å². The molecule has 0 aliphatic heterocycles. The van der Waals surface area contributed by atoms with Crippen LogP contribution in [0, 0.1) is 17.7 Å². The third-order valence-corrected chi connectivity index (χ3v) is 6.94. The van der Waals surface area contributed by atoms with E-state index in [2.05, 4.69) is 15.4 Å². The molecule has 3 N–H and O–H groups in total. The van der Waals surface area contributed by atoms with Crippen LogP contribution in [0.5, 0.6) is 5.88 Å². The molecule has 0 fully saturated rings. The molecule has 11 heteroatoms. The van der Waals surface area contributed by atoms with E-state index in [1.54, 1.807) is 36.5 Å². The van der Waals surface area contributed by atoms with Gasteiger partial charge in [0.05, 0.1) is 22.6 Å². The summed E-state index contributed by atoms with van der Waals surface area (Å²) in [5, 5.41) is 27.0. The van der Waals surface area contributed by atoms with Crippen molar-refractivity contribution >= 4 is 28.8 Å². The molecule has 1 aromatic carbocycles. The number of allylic oxidation sites excluding steroid dienone is 1. The van der Waals surface area contributed by atoms with Crippen LogP contribution in [0.3, 0.4) is 0 Å². The number of benzene rings is 1. The number of nitrogens with zero attached hydrogens (tertiary/aromatic N) is 4. The number of ether oxygens (including phenoxy) is 1. The van der Waals surface area contributed by atoms with Gasteiger partial charge in [0.15, 0.2) is 0 Å². The van der Waals surface area contributed by atoms with Gasteiger partial charge < -0.3 is 24.8 Å². The fraction of sp³-hybridized carbons (Fsp3) is 0.483. The molecule has 3 aromatic rings. The van der Waals surface area contributed by atoms with Crippen LogP contribution < -0.4 is 10.1 Å². The lowest BCUT2D eigenvalue weighted by Gasteiger charge is -2.17. The molecule has 0 saturated heterocycles. The van der Waals surface area contributed by atoms with Gasteiger partial charge in [0.2, 0.25) is 5.88 Å². The number of carbonyl (C=O) groups is 1. The van der Waals surface area contributed by atoms with Gasteiger partial charge in [-0.2, -0.15) is 0 Å². The number of aliphatic hydroxyl groups is 2. The number of aryl methyl sites for hydroxylation is 3. The number of nitrogens with one attached hydrogen (secondary N) is 1. The van der Waals surface area contributed by atoms with Crippen molar-refractivity contribution in [2.45, 2.75) is 52.6 Å². The standard InChI is InChI=1S/C27H33ClFN5O4.C2H6/c1-27(2,37)14-38-23-12-20(34(4)32-23)7-5-16-9-17(10-18(16)13-35)24-25(33(3)15-30-24)26(36)31-19-6-8-22(29)21(28)11-19;1-2/h6,8,10-12,15-16,18,35,37H,5,7,9,13-14H2,1-4H3,(H,31,36);1-2H3/t16-,18-;/m0./s1. The van der Waals surface area contributed by atoms with Crippen LogP contribution in [-0.2, 0) is 20.5 Å². The highest BCUT2D eigenvalue weighted by atomic mass is 35.5. The average molecular weight is 576 g/mol. The Morgan fingerprint density at radius 1 is 1.27 bits per heavy atom. The Morgan fingerprint density at radius 3 is 2.65 bits per heavy atom. The molecule has 2 aromatic heterocycles. The average Bonchev–Trinajstić information content (AvgIpc) is 3.60. The summed E-state index contributed by atoms with van der Waals surface area (Å²) >= 11 is 5.86. The van der Waals surface area contributed by atoms with Gasteiger partial charge in [0.25, 0.3) is 5.91 Å². The molecule has 2 heterocycles. The number of halogens is 2. The number of aromatic nitrogens is 4. The second-order valence-electron chi connectivity index (χ2n) is 10.4. The summed E-state index contributed by atoms with van der Waals surface area (Å²) in [5.74, 6) is -0.411. The maximum atomic E-state index is 13.5. The Labute approximate surface area is 239 Å². The third-order valence-electron chi connectivity index (χ3n) is 6.65. The first-order valence-electron chi connectivity index (χ1n) is 13.4. The minimum atomic E-state index is -0.953. The molecule has 0 bridgehead atoms. The lowest BCUT2D eigenvalue weighted by Crippen LogP contribution is -2.27. The summed E-state index contributed by atoms with van der Waals surface area (Å²) in [5.41, 5.74) is 2.23. The van der Waals surface area contributed by atoms with Crippen molar-refractivity contribution in [2.75, 3.05) is 18.5 Å². The van der Waals surface area contributed by atoms with Gasteiger partial charge in [0, 0.05) is 44.1 Å². The van der Waals surface area contributed by atoms with Crippen molar-refractivity contribution in [3.8, 4) is 5.88 Å². The van der Waals surface area contributed by atoms with Crippen molar-refractivity contribution in [3.63, 3.8) is 0 Å². The predicted octanol–water partition coefficient (Wildman–Crippen LogP) is 5.02. The van der Waals surface area contributed by atoms with Gasteiger partial charge in [-0.15, -0.1) is 5.10 Å². The van der Waals surface area contributed by atoms with E-state index in [0.717, 1.165) is 24.1 Å². The van der Waals surface area contributed by atoms with E-state index in [0.29, 0.717) is 29.4 Å². The number of hydrogen-bond donors (Lipinski definition) is 3.